The molecule has 0 spiro atoms. The van der Waals surface area contributed by atoms with E-state index in [2.05, 4.69) is 19.6 Å². The van der Waals surface area contributed by atoms with Crippen LogP contribution in [0.25, 0.3) is 0 Å². The lowest BCUT2D eigenvalue weighted by Gasteiger charge is -2.16. The Balaban J connectivity index is 1.88. The third-order valence-corrected chi connectivity index (χ3v) is 4.32. The van der Waals surface area contributed by atoms with Gasteiger partial charge in [0.15, 0.2) is 0 Å². The highest BCUT2D eigenvalue weighted by Gasteiger charge is 2.51. The lowest BCUT2D eigenvalue weighted by atomic mass is 10.00. The van der Waals surface area contributed by atoms with Crippen molar-refractivity contribution in [3.8, 4) is 0 Å². The summed E-state index contributed by atoms with van der Waals surface area (Å²) in [6.07, 6.45) is 4.84. The van der Waals surface area contributed by atoms with E-state index in [0.29, 0.717) is 12.5 Å². The predicted octanol–water partition coefficient (Wildman–Crippen LogP) is 2.12. The van der Waals surface area contributed by atoms with Crippen molar-refractivity contribution in [1.29, 1.82) is 0 Å². The van der Waals surface area contributed by atoms with Gasteiger partial charge in [0.05, 0.1) is 11.8 Å². The molecule has 0 N–H and O–H groups in total. The van der Waals surface area contributed by atoms with Gasteiger partial charge in [-0.1, -0.05) is 13.3 Å². The molecule has 2 aliphatic rings. The van der Waals surface area contributed by atoms with Gasteiger partial charge in [0.25, 0.3) is 0 Å². The fourth-order valence-electron chi connectivity index (χ4n) is 3.13. The smallest absolute Gasteiger partial charge is 0.233 e. The second-order valence-corrected chi connectivity index (χ2v) is 5.85. The van der Waals surface area contributed by atoms with Gasteiger partial charge >= 0.3 is 0 Å². The van der Waals surface area contributed by atoms with Gasteiger partial charge in [-0.3, -0.25) is 14.5 Å². The van der Waals surface area contributed by atoms with Crippen LogP contribution in [0.1, 0.15) is 39.0 Å². The first-order valence-electron chi connectivity index (χ1n) is 6.61. The second-order valence-electron chi connectivity index (χ2n) is 5.40. The molecule has 17 heavy (non-hydrogen) atoms. The third kappa shape index (κ3) is 2.51. The van der Waals surface area contributed by atoms with Gasteiger partial charge < -0.3 is 0 Å². The minimum atomic E-state index is 0.00220. The molecule has 1 heterocycles. The van der Waals surface area contributed by atoms with Crippen LogP contribution in [-0.4, -0.2) is 29.0 Å². The standard InChI is InChI=1S/C13H21NO2S/c1-9-7-10-11(8-9)13(16)14(12(10)15)5-3-2-4-6-17/h9-11,17H,2-8H2,1H3. The van der Waals surface area contributed by atoms with E-state index in [4.69, 9.17) is 0 Å². The third-order valence-electron chi connectivity index (χ3n) is 4.00. The maximum Gasteiger partial charge on any atom is 0.233 e. The fraction of sp³-hybridized carbons (Fsp3) is 0.846. The average Bonchev–Trinajstić information content (AvgIpc) is 2.77. The van der Waals surface area contributed by atoms with Gasteiger partial charge in [0.1, 0.15) is 0 Å². The molecule has 2 fully saturated rings. The number of likely N-dealkylation sites (tertiary alicyclic amines) is 1. The zero-order valence-electron chi connectivity index (χ0n) is 10.4. The number of thiol groups is 1. The summed E-state index contributed by atoms with van der Waals surface area (Å²) in [5, 5.41) is 0. The number of carbonyl (C=O) groups excluding carboxylic acids is 2. The maximum atomic E-state index is 12.1. The maximum absolute atomic E-state index is 12.1. The summed E-state index contributed by atoms with van der Waals surface area (Å²) in [5.74, 6) is 1.60. The van der Waals surface area contributed by atoms with E-state index >= 15 is 0 Å². The predicted molar refractivity (Wildman–Crippen MR) is 69.8 cm³/mol. The van der Waals surface area contributed by atoms with Crippen LogP contribution >= 0.6 is 12.6 Å². The molecule has 0 radical (unpaired) electrons. The largest absolute Gasteiger partial charge is 0.282 e. The molecule has 2 rings (SSSR count). The molecule has 3 nitrogen and oxygen atoms in total. The van der Waals surface area contributed by atoms with Gasteiger partial charge in [0.2, 0.25) is 11.8 Å². The highest BCUT2D eigenvalue weighted by molar-refractivity contribution is 7.80. The number of nitrogens with zero attached hydrogens (tertiary/aromatic N) is 1. The molecule has 0 aromatic rings. The number of hydrogen-bond donors (Lipinski definition) is 1. The molecule has 1 saturated carbocycles. The van der Waals surface area contributed by atoms with E-state index in [1.165, 1.54) is 4.90 Å². The van der Waals surface area contributed by atoms with E-state index in [0.717, 1.165) is 37.9 Å². The van der Waals surface area contributed by atoms with Crippen molar-refractivity contribution in [2.24, 2.45) is 17.8 Å². The Morgan fingerprint density at radius 2 is 1.71 bits per heavy atom. The molecule has 2 amide bonds. The highest BCUT2D eigenvalue weighted by atomic mass is 32.1. The van der Waals surface area contributed by atoms with E-state index in [-0.39, 0.29) is 23.7 Å². The number of carbonyl (C=O) groups is 2. The second kappa shape index (κ2) is 5.42. The number of amides is 2. The SMILES string of the molecule is CC1CC2C(=O)N(CCCCCS)C(=O)C2C1. The topological polar surface area (TPSA) is 37.4 Å². The Hall–Kier alpha value is -0.510. The molecular formula is C13H21NO2S. The van der Waals surface area contributed by atoms with Crippen LogP contribution in [0.4, 0.5) is 0 Å². The van der Waals surface area contributed by atoms with E-state index in [9.17, 15) is 9.59 Å². The molecule has 1 aliphatic heterocycles. The Kier molecular flexibility index (Phi) is 4.13. The molecule has 2 unspecified atom stereocenters. The zero-order chi connectivity index (χ0) is 12.4. The summed E-state index contributed by atoms with van der Waals surface area (Å²) in [5.41, 5.74) is 0. The lowest BCUT2D eigenvalue weighted by molar-refractivity contribution is -0.140. The minimum absolute atomic E-state index is 0.00220. The first-order chi connectivity index (χ1) is 8.15. The lowest BCUT2D eigenvalue weighted by Crippen LogP contribution is -2.33. The first-order valence-corrected chi connectivity index (χ1v) is 7.24. The number of fused-ring (bicyclic) bond motifs is 1. The van der Waals surface area contributed by atoms with Crippen molar-refractivity contribution in [2.75, 3.05) is 12.3 Å². The Bertz CT molecular complexity index is 295. The van der Waals surface area contributed by atoms with E-state index < -0.39 is 0 Å². The van der Waals surface area contributed by atoms with Crippen molar-refractivity contribution >= 4 is 24.4 Å². The summed E-state index contributed by atoms with van der Waals surface area (Å²) >= 11 is 4.15. The normalized spacial score (nSPS) is 32.4. The van der Waals surface area contributed by atoms with Crippen molar-refractivity contribution < 1.29 is 9.59 Å². The summed E-state index contributed by atoms with van der Waals surface area (Å²) < 4.78 is 0. The van der Waals surface area contributed by atoms with Crippen LogP contribution in [0.15, 0.2) is 0 Å². The van der Waals surface area contributed by atoms with Gasteiger partial charge in [-0.15, -0.1) is 0 Å². The summed E-state index contributed by atoms with van der Waals surface area (Å²) in [6.45, 7) is 2.75. The minimum Gasteiger partial charge on any atom is -0.282 e. The molecule has 4 heteroatoms. The summed E-state index contributed by atoms with van der Waals surface area (Å²) in [7, 11) is 0. The number of hydrogen-bond acceptors (Lipinski definition) is 3. The summed E-state index contributed by atoms with van der Waals surface area (Å²) in [4.78, 5) is 25.7. The molecule has 2 atom stereocenters. The van der Waals surface area contributed by atoms with Gasteiger partial charge in [0, 0.05) is 6.54 Å². The van der Waals surface area contributed by atoms with Gasteiger partial charge in [-0.25, -0.2) is 0 Å². The van der Waals surface area contributed by atoms with Crippen LogP contribution < -0.4 is 0 Å². The monoisotopic (exact) mass is 255 g/mol. The average molecular weight is 255 g/mol. The van der Waals surface area contributed by atoms with Gasteiger partial charge in [-0.05, 0) is 37.4 Å². The van der Waals surface area contributed by atoms with Crippen LogP contribution in [0.2, 0.25) is 0 Å². The molecule has 0 aromatic carbocycles. The van der Waals surface area contributed by atoms with Crippen LogP contribution in [0.3, 0.4) is 0 Å². The van der Waals surface area contributed by atoms with Crippen molar-refractivity contribution in [3.63, 3.8) is 0 Å². The van der Waals surface area contributed by atoms with E-state index in [1.807, 2.05) is 0 Å². The zero-order valence-corrected chi connectivity index (χ0v) is 11.3. The molecule has 0 aromatic heterocycles. The quantitative estimate of drug-likeness (QED) is 0.464. The highest BCUT2D eigenvalue weighted by Crippen LogP contribution is 2.42. The molecule has 0 bridgehead atoms. The molecule has 1 saturated heterocycles. The number of imide groups is 1. The Morgan fingerprint density at radius 1 is 1.12 bits per heavy atom. The summed E-state index contributed by atoms with van der Waals surface area (Å²) in [6, 6.07) is 0. The molecular weight excluding hydrogens is 234 g/mol. The Labute approximate surface area is 108 Å². The number of rotatable bonds is 5. The van der Waals surface area contributed by atoms with Crippen LogP contribution in [0.5, 0.6) is 0 Å². The van der Waals surface area contributed by atoms with E-state index in [1.54, 1.807) is 0 Å². The molecule has 1 aliphatic carbocycles. The van der Waals surface area contributed by atoms with Crippen molar-refractivity contribution in [3.05, 3.63) is 0 Å². The van der Waals surface area contributed by atoms with Crippen LogP contribution in [-0.2, 0) is 9.59 Å². The Morgan fingerprint density at radius 3 is 2.24 bits per heavy atom. The first kappa shape index (κ1) is 12.9. The fourth-order valence-corrected chi connectivity index (χ4v) is 3.35. The number of unbranched alkanes of at least 4 members (excludes halogenated alkanes) is 2. The van der Waals surface area contributed by atoms with Crippen molar-refractivity contribution in [1.82, 2.24) is 4.90 Å². The van der Waals surface area contributed by atoms with Crippen LogP contribution in [0, 0.1) is 17.8 Å². The molecule has 96 valence electrons. The van der Waals surface area contributed by atoms with Gasteiger partial charge in [-0.2, -0.15) is 12.6 Å². The van der Waals surface area contributed by atoms with Crippen molar-refractivity contribution in [2.45, 2.75) is 39.0 Å².